The molecule has 2 bridgehead atoms. The van der Waals surface area contributed by atoms with Crippen molar-refractivity contribution in [2.24, 2.45) is 0 Å². The van der Waals surface area contributed by atoms with E-state index in [-0.39, 0.29) is 40.5 Å². The van der Waals surface area contributed by atoms with Crippen LogP contribution in [0, 0.1) is 5.82 Å². The van der Waals surface area contributed by atoms with Gasteiger partial charge in [-0.15, -0.1) is 10.2 Å². The van der Waals surface area contributed by atoms with E-state index in [9.17, 15) is 13.9 Å². The highest BCUT2D eigenvalue weighted by Crippen LogP contribution is 2.35. The van der Waals surface area contributed by atoms with Gasteiger partial charge in [0.25, 0.3) is 0 Å². The standard InChI is InChI=1S/C21H21F2N5O2/c22-15-7-14(18(29)8-13(15)11-9-24-25-10-11)16-4-5-20(28-27-16)30-19-6-12-2-1-3-17(26-12)21(19)23/h4-5,7-10,12,17,19,21,26,29H,1-3,6H2,(H,24,25)/t12-,17+,19-,21+/m0/s1. The Morgan fingerprint density at radius 1 is 1.13 bits per heavy atom. The SMILES string of the molecule is Oc1cc(-c2cn[nH]c2)c(F)cc1-c1ccc(O[C@H]2C[C@@H]3CCC[C@@H](N3)[C@H]2F)nn1. The van der Waals surface area contributed by atoms with E-state index in [1.165, 1.54) is 24.5 Å². The zero-order valence-corrected chi connectivity index (χ0v) is 16.1. The number of aromatic nitrogens is 4. The molecule has 3 N–H and O–H groups in total. The highest BCUT2D eigenvalue weighted by Gasteiger charge is 2.41. The number of fused-ring (bicyclic) bond motifs is 2. The molecule has 0 saturated carbocycles. The molecule has 156 valence electrons. The number of aromatic amines is 1. The van der Waals surface area contributed by atoms with Gasteiger partial charge in [0, 0.05) is 47.5 Å². The molecule has 9 heteroatoms. The summed E-state index contributed by atoms with van der Waals surface area (Å²) in [5, 5.41) is 28.2. The molecule has 0 aliphatic carbocycles. The molecule has 4 heterocycles. The third-order valence-electron chi connectivity index (χ3n) is 5.86. The van der Waals surface area contributed by atoms with Crippen molar-refractivity contribution >= 4 is 0 Å². The van der Waals surface area contributed by atoms with Gasteiger partial charge in [0.2, 0.25) is 5.88 Å². The Morgan fingerprint density at radius 2 is 2.03 bits per heavy atom. The molecule has 2 fully saturated rings. The lowest BCUT2D eigenvalue weighted by Gasteiger charge is -2.42. The molecule has 5 rings (SSSR count). The highest BCUT2D eigenvalue weighted by atomic mass is 19.1. The summed E-state index contributed by atoms with van der Waals surface area (Å²) in [7, 11) is 0. The van der Waals surface area contributed by atoms with Crippen LogP contribution in [0.15, 0.2) is 36.7 Å². The molecular formula is C21H21F2N5O2. The van der Waals surface area contributed by atoms with Gasteiger partial charge in [-0.1, -0.05) is 6.42 Å². The summed E-state index contributed by atoms with van der Waals surface area (Å²) < 4.78 is 35.0. The fourth-order valence-corrected chi connectivity index (χ4v) is 4.34. The van der Waals surface area contributed by atoms with Crippen molar-refractivity contribution in [3.8, 4) is 34.0 Å². The minimum absolute atomic E-state index is 0.134. The number of hydrogen-bond donors (Lipinski definition) is 3. The summed E-state index contributed by atoms with van der Waals surface area (Å²) in [6.45, 7) is 0. The van der Waals surface area contributed by atoms with Crippen molar-refractivity contribution in [2.45, 2.75) is 50.0 Å². The second-order valence-electron chi connectivity index (χ2n) is 7.83. The first-order chi connectivity index (χ1) is 14.6. The topological polar surface area (TPSA) is 96.0 Å². The summed E-state index contributed by atoms with van der Waals surface area (Å²) >= 11 is 0. The average Bonchev–Trinajstić information content (AvgIpc) is 3.29. The van der Waals surface area contributed by atoms with E-state index < -0.39 is 18.1 Å². The van der Waals surface area contributed by atoms with Crippen LogP contribution in [0.4, 0.5) is 8.78 Å². The molecule has 30 heavy (non-hydrogen) atoms. The molecule has 2 aliphatic heterocycles. The van der Waals surface area contributed by atoms with Gasteiger partial charge in [-0.25, -0.2) is 8.78 Å². The summed E-state index contributed by atoms with van der Waals surface area (Å²) in [5.74, 6) is -0.445. The lowest BCUT2D eigenvalue weighted by Crippen LogP contribution is -2.59. The monoisotopic (exact) mass is 413 g/mol. The van der Waals surface area contributed by atoms with Gasteiger partial charge in [0.15, 0.2) is 6.17 Å². The molecule has 2 saturated heterocycles. The number of phenolic OH excluding ortho intramolecular Hbond substituents is 1. The molecule has 2 aliphatic rings. The number of phenols is 1. The third-order valence-corrected chi connectivity index (χ3v) is 5.86. The van der Waals surface area contributed by atoms with Crippen LogP contribution in [0.25, 0.3) is 22.4 Å². The van der Waals surface area contributed by atoms with Crippen molar-refractivity contribution in [3.05, 3.63) is 42.5 Å². The Labute approximate surface area is 171 Å². The molecule has 7 nitrogen and oxygen atoms in total. The van der Waals surface area contributed by atoms with Gasteiger partial charge in [-0.2, -0.15) is 5.10 Å². The quantitative estimate of drug-likeness (QED) is 0.607. The van der Waals surface area contributed by atoms with E-state index >= 15 is 0 Å². The molecular weight excluding hydrogens is 392 g/mol. The molecule has 1 aromatic carbocycles. The Bertz CT molecular complexity index is 1030. The summed E-state index contributed by atoms with van der Waals surface area (Å²) in [4.78, 5) is 0. The van der Waals surface area contributed by atoms with E-state index in [4.69, 9.17) is 4.74 Å². The largest absolute Gasteiger partial charge is 0.507 e. The van der Waals surface area contributed by atoms with Gasteiger partial charge in [0.1, 0.15) is 17.7 Å². The van der Waals surface area contributed by atoms with Crippen LogP contribution in [0.1, 0.15) is 25.7 Å². The van der Waals surface area contributed by atoms with Crippen LogP contribution in [0.3, 0.4) is 0 Å². The molecule has 0 unspecified atom stereocenters. The number of nitrogens with zero attached hydrogens (tertiary/aromatic N) is 3. The number of ether oxygens (including phenoxy) is 1. The van der Waals surface area contributed by atoms with Crippen LogP contribution in [0.5, 0.6) is 11.6 Å². The molecule has 2 aromatic heterocycles. The van der Waals surface area contributed by atoms with Gasteiger partial charge in [-0.05, 0) is 31.0 Å². The van der Waals surface area contributed by atoms with Crippen LogP contribution in [-0.2, 0) is 0 Å². The second kappa shape index (κ2) is 7.64. The van der Waals surface area contributed by atoms with Crippen molar-refractivity contribution in [1.29, 1.82) is 0 Å². The highest BCUT2D eigenvalue weighted by molar-refractivity contribution is 5.74. The van der Waals surface area contributed by atoms with Crippen molar-refractivity contribution in [2.75, 3.05) is 0 Å². The van der Waals surface area contributed by atoms with Gasteiger partial charge in [0.05, 0.1) is 11.9 Å². The molecule has 0 spiro atoms. The molecule has 0 radical (unpaired) electrons. The molecule has 3 aromatic rings. The first-order valence-electron chi connectivity index (χ1n) is 10.0. The van der Waals surface area contributed by atoms with Gasteiger partial charge < -0.3 is 15.2 Å². The first kappa shape index (κ1) is 18.9. The Kier molecular flexibility index (Phi) is 4.82. The normalized spacial score (nSPS) is 25.8. The number of aromatic hydroxyl groups is 1. The molecule has 4 atom stereocenters. The molecule has 0 amide bonds. The van der Waals surface area contributed by atoms with Crippen LogP contribution >= 0.6 is 0 Å². The van der Waals surface area contributed by atoms with E-state index in [1.54, 1.807) is 12.1 Å². The van der Waals surface area contributed by atoms with Crippen molar-refractivity contribution in [1.82, 2.24) is 25.7 Å². The summed E-state index contributed by atoms with van der Waals surface area (Å²) in [6.07, 6.45) is 4.78. The predicted molar refractivity (Wildman–Crippen MR) is 105 cm³/mol. The number of rotatable bonds is 4. The van der Waals surface area contributed by atoms with E-state index in [1.807, 2.05) is 0 Å². The number of benzene rings is 1. The minimum atomic E-state index is -1.10. The first-order valence-corrected chi connectivity index (χ1v) is 10.0. The van der Waals surface area contributed by atoms with Crippen molar-refractivity contribution < 1.29 is 18.6 Å². The van der Waals surface area contributed by atoms with E-state index in [0.29, 0.717) is 12.0 Å². The maximum Gasteiger partial charge on any atom is 0.233 e. The summed E-state index contributed by atoms with van der Waals surface area (Å²) in [5.41, 5.74) is 1.25. The number of hydrogen-bond acceptors (Lipinski definition) is 6. The van der Waals surface area contributed by atoms with Crippen molar-refractivity contribution in [3.63, 3.8) is 0 Å². The fraction of sp³-hybridized carbons (Fsp3) is 0.381. The summed E-state index contributed by atoms with van der Waals surface area (Å²) in [6, 6.07) is 5.75. The average molecular weight is 413 g/mol. The Balaban J connectivity index is 1.35. The van der Waals surface area contributed by atoms with Gasteiger partial charge >= 0.3 is 0 Å². The zero-order chi connectivity index (χ0) is 20.7. The van der Waals surface area contributed by atoms with Crippen LogP contribution < -0.4 is 10.1 Å². The van der Waals surface area contributed by atoms with E-state index in [0.717, 1.165) is 19.3 Å². The maximum atomic E-state index is 14.7. The number of halogens is 2. The fourth-order valence-electron chi connectivity index (χ4n) is 4.34. The minimum Gasteiger partial charge on any atom is -0.507 e. The number of nitrogens with one attached hydrogen (secondary N) is 2. The Morgan fingerprint density at radius 3 is 2.80 bits per heavy atom. The smallest absolute Gasteiger partial charge is 0.233 e. The zero-order valence-electron chi connectivity index (χ0n) is 16.1. The van der Waals surface area contributed by atoms with Gasteiger partial charge in [-0.3, -0.25) is 5.10 Å². The maximum absolute atomic E-state index is 14.7. The Hall–Kier alpha value is -3.07. The lowest BCUT2D eigenvalue weighted by molar-refractivity contribution is 0.00652. The predicted octanol–water partition coefficient (Wildman–Crippen LogP) is 3.38. The number of piperidine rings is 2. The third kappa shape index (κ3) is 3.49. The number of alkyl halides is 1. The van der Waals surface area contributed by atoms with Crippen LogP contribution in [-0.4, -0.2) is 49.9 Å². The number of H-pyrrole nitrogens is 1. The van der Waals surface area contributed by atoms with Crippen LogP contribution in [0.2, 0.25) is 0 Å². The second-order valence-corrected chi connectivity index (χ2v) is 7.83. The lowest BCUT2D eigenvalue weighted by atomic mass is 9.84. The van der Waals surface area contributed by atoms with E-state index in [2.05, 4.69) is 25.7 Å².